The summed E-state index contributed by atoms with van der Waals surface area (Å²) in [6, 6.07) is 4.38. The number of aromatic nitrogens is 4. The third kappa shape index (κ3) is 5.68. The number of rotatable bonds is 6. The van der Waals surface area contributed by atoms with E-state index in [4.69, 9.17) is 0 Å². The number of halogens is 7. The second kappa shape index (κ2) is 11.0. The van der Waals surface area contributed by atoms with Gasteiger partial charge in [0.05, 0.1) is 23.0 Å². The van der Waals surface area contributed by atoms with Crippen LogP contribution in [0.2, 0.25) is 0 Å². The van der Waals surface area contributed by atoms with Gasteiger partial charge in [0, 0.05) is 36.1 Å². The van der Waals surface area contributed by atoms with Gasteiger partial charge in [0.15, 0.2) is 11.6 Å². The van der Waals surface area contributed by atoms with Crippen molar-refractivity contribution >= 4 is 16.5 Å². The molecule has 0 unspecified atom stereocenters. The summed E-state index contributed by atoms with van der Waals surface area (Å²) in [5.41, 5.74) is -4.73. The van der Waals surface area contributed by atoms with Gasteiger partial charge in [-0.1, -0.05) is 6.42 Å². The van der Waals surface area contributed by atoms with E-state index in [0.29, 0.717) is 25.7 Å². The van der Waals surface area contributed by atoms with E-state index in [0.717, 1.165) is 24.5 Å². The highest BCUT2D eigenvalue weighted by molar-refractivity contribution is 5.87. The summed E-state index contributed by atoms with van der Waals surface area (Å²) in [5.74, 6) is -2.94. The van der Waals surface area contributed by atoms with Gasteiger partial charge in [-0.2, -0.15) is 18.3 Å². The van der Waals surface area contributed by atoms with Gasteiger partial charge in [-0.25, -0.2) is 22.7 Å². The standard InChI is InChI=1S/C27H22F7N5O2/c28-22-17(18-5-4-15(10-35-18)24(30)31)9-14-6-7-39(26(41)20(14)23(22)29)12-13-2-1-3-16(8-13)37-19-11-36-38-25(40)21(19)27(32,33)34/h4-7,9-11,13,16,24H,1-3,8,12H2,(H2,37,38,40)/t13-,16+/m1/s1. The van der Waals surface area contributed by atoms with Crippen molar-refractivity contribution in [3.8, 4) is 11.3 Å². The van der Waals surface area contributed by atoms with Gasteiger partial charge in [-0.05, 0) is 54.8 Å². The lowest BCUT2D eigenvalue weighted by molar-refractivity contribution is -0.138. The number of H-pyrrole nitrogens is 1. The van der Waals surface area contributed by atoms with Crippen LogP contribution in [-0.2, 0) is 12.7 Å². The molecule has 216 valence electrons. The molecule has 2 N–H and O–H groups in total. The normalized spacial score (nSPS) is 17.8. The van der Waals surface area contributed by atoms with Gasteiger partial charge in [0.25, 0.3) is 17.5 Å². The average Bonchev–Trinajstić information content (AvgIpc) is 2.91. The van der Waals surface area contributed by atoms with E-state index in [-0.39, 0.29) is 34.7 Å². The Morgan fingerprint density at radius 1 is 1.07 bits per heavy atom. The predicted molar refractivity (Wildman–Crippen MR) is 136 cm³/mol. The van der Waals surface area contributed by atoms with Crippen molar-refractivity contribution in [2.24, 2.45) is 5.92 Å². The van der Waals surface area contributed by atoms with Gasteiger partial charge in [-0.15, -0.1) is 0 Å². The zero-order chi connectivity index (χ0) is 29.5. The van der Waals surface area contributed by atoms with Crippen LogP contribution < -0.4 is 16.4 Å². The molecule has 0 saturated heterocycles. The number of nitrogens with zero attached hydrogens (tertiary/aromatic N) is 3. The topological polar surface area (TPSA) is 92.7 Å². The molecule has 0 bridgehead atoms. The second-order valence-corrected chi connectivity index (χ2v) is 9.93. The molecule has 4 aromatic rings. The van der Waals surface area contributed by atoms with Crippen molar-refractivity contribution < 1.29 is 30.7 Å². The molecule has 1 aliphatic rings. The van der Waals surface area contributed by atoms with Crippen LogP contribution in [0, 0.1) is 17.6 Å². The summed E-state index contributed by atoms with van der Waals surface area (Å²) in [6.07, 6.45) is -2.37. The minimum Gasteiger partial charge on any atom is -0.380 e. The monoisotopic (exact) mass is 581 g/mol. The molecule has 1 aromatic carbocycles. The summed E-state index contributed by atoms with van der Waals surface area (Å²) < 4.78 is 97.3. The Balaban J connectivity index is 1.38. The minimum absolute atomic E-state index is 0.0816. The number of nitrogens with one attached hydrogen (secondary N) is 2. The third-order valence-corrected chi connectivity index (χ3v) is 7.20. The lowest BCUT2D eigenvalue weighted by atomic mass is 9.85. The first-order valence-electron chi connectivity index (χ1n) is 12.6. The molecule has 41 heavy (non-hydrogen) atoms. The Bertz CT molecular complexity index is 1700. The Labute approximate surface area is 227 Å². The Hall–Kier alpha value is -4.23. The van der Waals surface area contributed by atoms with E-state index in [1.807, 2.05) is 0 Å². The van der Waals surface area contributed by atoms with E-state index in [1.54, 1.807) is 5.10 Å². The fourth-order valence-electron chi connectivity index (χ4n) is 5.28. The van der Waals surface area contributed by atoms with Gasteiger partial charge in [0.2, 0.25) is 0 Å². The zero-order valence-corrected chi connectivity index (χ0v) is 21.1. The van der Waals surface area contributed by atoms with E-state index < -0.39 is 58.0 Å². The van der Waals surface area contributed by atoms with Gasteiger partial charge in [-0.3, -0.25) is 14.6 Å². The zero-order valence-electron chi connectivity index (χ0n) is 21.1. The number of hydrogen-bond acceptors (Lipinski definition) is 5. The maximum atomic E-state index is 15.2. The number of fused-ring (bicyclic) bond motifs is 1. The van der Waals surface area contributed by atoms with Crippen LogP contribution in [0.25, 0.3) is 22.0 Å². The first-order valence-corrected chi connectivity index (χ1v) is 12.6. The molecule has 0 spiro atoms. The van der Waals surface area contributed by atoms with E-state index in [9.17, 15) is 31.5 Å². The van der Waals surface area contributed by atoms with Crippen molar-refractivity contribution in [2.45, 2.75) is 50.9 Å². The molecule has 0 aliphatic heterocycles. The predicted octanol–water partition coefficient (Wildman–Crippen LogP) is 6.05. The van der Waals surface area contributed by atoms with Crippen LogP contribution in [0.15, 0.2) is 52.4 Å². The fraction of sp³-hybridized carbons (Fsp3) is 0.333. The molecule has 1 fully saturated rings. The van der Waals surface area contributed by atoms with Gasteiger partial charge < -0.3 is 9.88 Å². The largest absolute Gasteiger partial charge is 0.423 e. The van der Waals surface area contributed by atoms with Gasteiger partial charge >= 0.3 is 6.18 Å². The first kappa shape index (κ1) is 28.3. The molecule has 3 heterocycles. The van der Waals surface area contributed by atoms with Crippen molar-refractivity contribution in [1.29, 1.82) is 0 Å². The van der Waals surface area contributed by atoms with Crippen LogP contribution >= 0.6 is 0 Å². The van der Waals surface area contributed by atoms with E-state index in [2.05, 4.69) is 15.4 Å². The van der Waals surface area contributed by atoms with Crippen molar-refractivity contribution in [2.75, 3.05) is 5.32 Å². The number of aromatic amines is 1. The highest BCUT2D eigenvalue weighted by Crippen LogP contribution is 2.34. The SMILES string of the molecule is O=c1[nH]ncc(N[C@H]2CCC[C@@H](Cn3ccc4cc(-c5ccc(C(F)F)cn5)c(F)c(F)c4c3=O)C2)c1C(F)(F)F. The highest BCUT2D eigenvalue weighted by atomic mass is 19.4. The summed E-state index contributed by atoms with van der Waals surface area (Å²) in [4.78, 5) is 28.7. The summed E-state index contributed by atoms with van der Waals surface area (Å²) in [6.45, 7) is 0.103. The summed E-state index contributed by atoms with van der Waals surface area (Å²) >= 11 is 0. The molecule has 1 saturated carbocycles. The lowest BCUT2D eigenvalue weighted by Gasteiger charge is -2.31. The van der Waals surface area contributed by atoms with Crippen LogP contribution in [0.5, 0.6) is 0 Å². The Morgan fingerprint density at radius 2 is 1.85 bits per heavy atom. The van der Waals surface area contributed by atoms with Crippen LogP contribution in [0.3, 0.4) is 0 Å². The van der Waals surface area contributed by atoms with E-state index in [1.165, 1.54) is 22.9 Å². The number of pyridine rings is 2. The number of benzene rings is 1. The fourth-order valence-corrected chi connectivity index (χ4v) is 5.28. The molecule has 7 nitrogen and oxygen atoms in total. The van der Waals surface area contributed by atoms with Crippen molar-refractivity contribution in [3.05, 3.63) is 86.3 Å². The van der Waals surface area contributed by atoms with Gasteiger partial charge in [0.1, 0.15) is 5.56 Å². The summed E-state index contributed by atoms with van der Waals surface area (Å²) in [5, 5.41) is 7.59. The number of alkyl halides is 5. The minimum atomic E-state index is -4.89. The molecule has 0 amide bonds. The Morgan fingerprint density at radius 3 is 2.54 bits per heavy atom. The smallest absolute Gasteiger partial charge is 0.380 e. The molecule has 0 radical (unpaired) electrons. The molecule has 3 aromatic heterocycles. The van der Waals surface area contributed by atoms with Crippen LogP contribution in [0.4, 0.5) is 36.4 Å². The van der Waals surface area contributed by atoms with E-state index >= 15 is 8.78 Å². The lowest BCUT2D eigenvalue weighted by Crippen LogP contribution is -2.33. The number of hydrogen-bond donors (Lipinski definition) is 2. The second-order valence-electron chi connectivity index (χ2n) is 9.93. The number of anilines is 1. The molecular weight excluding hydrogens is 559 g/mol. The quantitative estimate of drug-likeness (QED) is 0.271. The average molecular weight is 581 g/mol. The van der Waals surface area contributed by atoms with Crippen LogP contribution in [-0.4, -0.2) is 25.8 Å². The van der Waals surface area contributed by atoms with Crippen molar-refractivity contribution in [3.63, 3.8) is 0 Å². The Kier molecular flexibility index (Phi) is 7.58. The summed E-state index contributed by atoms with van der Waals surface area (Å²) in [7, 11) is 0. The molecule has 5 rings (SSSR count). The van der Waals surface area contributed by atoms with Crippen molar-refractivity contribution in [1.82, 2.24) is 19.7 Å². The maximum absolute atomic E-state index is 15.2. The molecule has 2 atom stereocenters. The third-order valence-electron chi connectivity index (χ3n) is 7.20. The molecular formula is C27H22F7N5O2. The molecule has 14 heteroatoms. The first-order chi connectivity index (χ1) is 19.4. The maximum Gasteiger partial charge on any atom is 0.423 e. The molecule has 1 aliphatic carbocycles. The highest BCUT2D eigenvalue weighted by Gasteiger charge is 2.38. The van der Waals surface area contributed by atoms with Crippen LogP contribution in [0.1, 0.15) is 43.2 Å².